The Kier molecular flexibility index (Phi) is 4.47. The predicted octanol–water partition coefficient (Wildman–Crippen LogP) is 1.94. The van der Waals surface area contributed by atoms with Crippen LogP contribution in [0.1, 0.15) is 45.6 Å². The normalized spacial score (nSPS) is 15.9. The van der Waals surface area contributed by atoms with Crippen LogP contribution in [0.2, 0.25) is 0 Å². The molecule has 2 aliphatic carbocycles. The van der Waals surface area contributed by atoms with E-state index >= 15 is 0 Å². The molecule has 2 aromatic rings. The molecule has 1 atom stereocenters. The van der Waals surface area contributed by atoms with Gasteiger partial charge in [0.15, 0.2) is 16.0 Å². The molecule has 1 aromatic heterocycles. The predicted molar refractivity (Wildman–Crippen MR) is 99.2 cm³/mol. The fraction of sp³-hybridized carbons (Fsp3) is 0.389. The Morgan fingerprint density at radius 1 is 1.11 bits per heavy atom. The third-order valence-electron chi connectivity index (χ3n) is 5.16. The molecule has 3 N–H and O–H groups in total. The van der Waals surface area contributed by atoms with Gasteiger partial charge in [0.05, 0.1) is 0 Å². The number of carbonyl (C=O) groups excluding carboxylic acids is 1. The van der Waals surface area contributed by atoms with E-state index in [9.17, 15) is 13.8 Å². The van der Waals surface area contributed by atoms with Crippen LogP contribution in [0.5, 0.6) is 0 Å². The molecule has 0 aliphatic heterocycles. The van der Waals surface area contributed by atoms with E-state index in [1.165, 1.54) is 35.4 Å². The second kappa shape index (κ2) is 6.80. The summed E-state index contributed by atoms with van der Waals surface area (Å²) in [6, 6.07) is 2.88. The maximum atomic E-state index is 12.5. The zero-order valence-electron chi connectivity index (χ0n) is 14.9. The van der Waals surface area contributed by atoms with Gasteiger partial charge in [-0.2, -0.15) is 5.10 Å². The molecular weight excluding hydrogens is 368 g/mol. The van der Waals surface area contributed by atoms with Crippen LogP contribution in [0.25, 0.3) is 0 Å². The first-order valence-corrected chi connectivity index (χ1v) is 10.0. The van der Waals surface area contributed by atoms with E-state index in [0.717, 1.165) is 48.9 Å². The topological polar surface area (TPSA) is 113 Å². The van der Waals surface area contributed by atoms with Crippen molar-refractivity contribution in [3.8, 4) is 0 Å². The Morgan fingerprint density at radius 2 is 1.74 bits per heavy atom. The highest BCUT2D eigenvalue weighted by atomic mass is 32.2. The molecule has 0 bridgehead atoms. The highest BCUT2D eigenvalue weighted by molar-refractivity contribution is 7.83. The minimum Gasteiger partial charge on any atom is -0.477 e. The molecule has 0 fully saturated rings. The van der Waals surface area contributed by atoms with E-state index in [1.54, 1.807) is 0 Å². The Balaban J connectivity index is 1.53. The molecule has 0 saturated carbocycles. The molecule has 8 nitrogen and oxygen atoms in total. The number of carboxylic acid groups (broad SMARTS) is 1. The zero-order chi connectivity index (χ0) is 19.1. The first-order chi connectivity index (χ1) is 12.9. The number of carbonyl (C=O) groups is 2. The van der Waals surface area contributed by atoms with Crippen molar-refractivity contribution >= 4 is 28.7 Å². The summed E-state index contributed by atoms with van der Waals surface area (Å²) in [6.07, 6.45) is 6.07. The van der Waals surface area contributed by atoms with Crippen LogP contribution < -0.4 is 10.0 Å². The number of amides is 2. The summed E-state index contributed by atoms with van der Waals surface area (Å²) in [5, 5.41) is 15.8. The Bertz CT molecular complexity index is 950. The fourth-order valence-electron chi connectivity index (χ4n) is 3.97. The van der Waals surface area contributed by atoms with Gasteiger partial charge in [-0.1, -0.05) is 6.07 Å². The summed E-state index contributed by atoms with van der Waals surface area (Å²) in [6.45, 7) is 0. The Labute approximate surface area is 158 Å². The van der Waals surface area contributed by atoms with Crippen LogP contribution in [-0.2, 0) is 43.7 Å². The standard InChI is InChI=1S/C18H20N4O4S/c1-22-14(17(23)24)9-15(20-22)27(26)21-18(25)19-16-12-6-2-4-10(12)8-11-5-3-7-13(11)16/h8-9H,2-7H2,1H3,(H,23,24)(H2,19,21,25). The summed E-state index contributed by atoms with van der Waals surface area (Å²) < 4.78 is 15.8. The lowest BCUT2D eigenvalue weighted by molar-refractivity contribution is 0.0685. The zero-order valence-corrected chi connectivity index (χ0v) is 15.7. The van der Waals surface area contributed by atoms with E-state index in [4.69, 9.17) is 5.11 Å². The molecule has 27 heavy (non-hydrogen) atoms. The minimum absolute atomic E-state index is 0.00595. The number of benzene rings is 1. The first kappa shape index (κ1) is 17.7. The average molecular weight is 388 g/mol. The molecule has 9 heteroatoms. The molecule has 2 amide bonds. The molecular formula is C18H20N4O4S. The molecule has 0 saturated heterocycles. The highest BCUT2D eigenvalue weighted by Crippen LogP contribution is 2.38. The Hall–Kier alpha value is -2.68. The Morgan fingerprint density at radius 3 is 2.30 bits per heavy atom. The summed E-state index contributed by atoms with van der Waals surface area (Å²) in [5.74, 6) is -1.17. The number of anilines is 1. The molecule has 1 aromatic carbocycles. The van der Waals surface area contributed by atoms with E-state index in [-0.39, 0.29) is 10.7 Å². The second-order valence-electron chi connectivity index (χ2n) is 6.86. The molecule has 142 valence electrons. The maximum absolute atomic E-state index is 12.5. The van der Waals surface area contributed by atoms with E-state index in [0.29, 0.717) is 0 Å². The number of carboxylic acids is 1. The summed E-state index contributed by atoms with van der Waals surface area (Å²) >= 11 is 0. The van der Waals surface area contributed by atoms with Crippen molar-refractivity contribution in [1.29, 1.82) is 0 Å². The van der Waals surface area contributed by atoms with E-state index in [2.05, 4.69) is 21.2 Å². The summed E-state index contributed by atoms with van der Waals surface area (Å²) in [5.41, 5.74) is 5.72. The summed E-state index contributed by atoms with van der Waals surface area (Å²) in [4.78, 5) is 23.5. The third kappa shape index (κ3) is 3.23. The average Bonchev–Trinajstić information content (AvgIpc) is 3.32. The fourth-order valence-corrected chi connectivity index (χ4v) is 4.71. The molecule has 1 unspecified atom stereocenters. The van der Waals surface area contributed by atoms with Gasteiger partial charge in [0.25, 0.3) is 0 Å². The van der Waals surface area contributed by atoms with Gasteiger partial charge in [0.2, 0.25) is 0 Å². The number of aromatic carboxylic acids is 1. The van der Waals surface area contributed by atoms with Crippen LogP contribution in [-0.4, -0.2) is 31.1 Å². The molecule has 0 spiro atoms. The second-order valence-corrected chi connectivity index (χ2v) is 8.02. The van der Waals surface area contributed by atoms with Crippen molar-refractivity contribution in [3.63, 3.8) is 0 Å². The number of hydrogen-bond donors (Lipinski definition) is 3. The lowest BCUT2D eigenvalue weighted by atomic mass is 9.99. The lowest BCUT2D eigenvalue weighted by Crippen LogP contribution is -2.31. The van der Waals surface area contributed by atoms with Gasteiger partial charge in [-0.15, -0.1) is 0 Å². The monoisotopic (exact) mass is 388 g/mol. The van der Waals surface area contributed by atoms with Gasteiger partial charge in [-0.3, -0.25) is 9.40 Å². The van der Waals surface area contributed by atoms with Crippen LogP contribution in [0.4, 0.5) is 10.5 Å². The third-order valence-corrected chi connectivity index (χ3v) is 6.11. The number of urea groups is 1. The van der Waals surface area contributed by atoms with Crippen molar-refractivity contribution in [2.45, 2.75) is 43.6 Å². The summed E-state index contributed by atoms with van der Waals surface area (Å²) in [7, 11) is -0.502. The van der Waals surface area contributed by atoms with Crippen LogP contribution in [0, 0.1) is 0 Å². The number of fused-ring (bicyclic) bond motifs is 2. The van der Waals surface area contributed by atoms with Crippen LogP contribution in [0.3, 0.4) is 0 Å². The van der Waals surface area contributed by atoms with Gasteiger partial charge >= 0.3 is 12.0 Å². The molecule has 4 rings (SSSR count). The maximum Gasteiger partial charge on any atom is 0.354 e. The lowest BCUT2D eigenvalue weighted by Gasteiger charge is -2.16. The number of nitrogens with zero attached hydrogens (tertiary/aromatic N) is 2. The SMILES string of the molecule is Cn1nc(S(=O)NC(=O)Nc2c3c(cc4c2CCC4)CCC3)cc1C(=O)O. The van der Waals surface area contributed by atoms with E-state index < -0.39 is 23.0 Å². The number of hydrogen-bond acceptors (Lipinski definition) is 4. The van der Waals surface area contributed by atoms with Crippen LogP contribution in [0.15, 0.2) is 17.2 Å². The van der Waals surface area contributed by atoms with Crippen molar-refractivity contribution in [2.24, 2.45) is 7.05 Å². The first-order valence-electron chi connectivity index (χ1n) is 8.87. The number of aromatic nitrogens is 2. The number of rotatable bonds is 4. The minimum atomic E-state index is -1.95. The van der Waals surface area contributed by atoms with Crippen molar-refractivity contribution in [2.75, 3.05) is 5.32 Å². The van der Waals surface area contributed by atoms with Crippen molar-refractivity contribution < 1.29 is 18.9 Å². The van der Waals surface area contributed by atoms with Crippen molar-refractivity contribution in [3.05, 3.63) is 40.1 Å². The van der Waals surface area contributed by atoms with Gasteiger partial charge < -0.3 is 10.4 Å². The van der Waals surface area contributed by atoms with Crippen LogP contribution >= 0.6 is 0 Å². The molecule has 2 aliphatic rings. The molecule has 1 heterocycles. The van der Waals surface area contributed by atoms with Gasteiger partial charge in [0.1, 0.15) is 5.69 Å². The van der Waals surface area contributed by atoms with Crippen molar-refractivity contribution in [1.82, 2.24) is 14.5 Å². The smallest absolute Gasteiger partial charge is 0.354 e. The van der Waals surface area contributed by atoms with Gasteiger partial charge in [-0.25, -0.2) is 13.8 Å². The molecule has 0 radical (unpaired) electrons. The largest absolute Gasteiger partial charge is 0.477 e. The van der Waals surface area contributed by atoms with Gasteiger partial charge in [-0.05, 0) is 60.8 Å². The van der Waals surface area contributed by atoms with E-state index in [1.807, 2.05) is 0 Å². The highest BCUT2D eigenvalue weighted by Gasteiger charge is 2.25. The number of nitrogens with one attached hydrogen (secondary N) is 2. The van der Waals surface area contributed by atoms with Gasteiger partial charge in [0, 0.05) is 18.8 Å². The quantitative estimate of drug-likeness (QED) is 0.741. The number of aryl methyl sites for hydroxylation is 3.